The van der Waals surface area contributed by atoms with Crippen LogP contribution in [0.4, 0.5) is 0 Å². The van der Waals surface area contributed by atoms with Gasteiger partial charge in [-0.05, 0) is 24.6 Å². The van der Waals surface area contributed by atoms with Crippen LogP contribution in [0.5, 0.6) is 0 Å². The molecule has 1 heterocycles. The fourth-order valence-electron chi connectivity index (χ4n) is 2.24. The van der Waals surface area contributed by atoms with Crippen molar-refractivity contribution in [2.45, 2.75) is 12.2 Å². The molecule has 1 aromatic carbocycles. The van der Waals surface area contributed by atoms with Crippen LogP contribution in [0.25, 0.3) is 0 Å². The molecule has 2 N–H and O–H groups in total. The highest BCUT2D eigenvalue weighted by molar-refractivity contribution is 7.88. The number of methoxy groups -OCH3 is 1. The van der Waals surface area contributed by atoms with Gasteiger partial charge < -0.3 is 10.1 Å². The molecule has 0 radical (unpaired) electrons. The fourth-order valence-corrected chi connectivity index (χ4v) is 3.41. The summed E-state index contributed by atoms with van der Waals surface area (Å²) in [5, 5.41) is 3.17. The van der Waals surface area contributed by atoms with Gasteiger partial charge >= 0.3 is 5.97 Å². The smallest absolute Gasteiger partial charge is 0.338 e. The Morgan fingerprint density at radius 2 is 2.14 bits per heavy atom. The molecular weight excluding hydrogens is 304 g/mol. The van der Waals surface area contributed by atoms with Gasteiger partial charge in [0, 0.05) is 13.1 Å². The second-order valence-electron chi connectivity index (χ2n) is 5.05. The zero-order chi connectivity index (χ0) is 16.0. The normalized spacial score (nSPS) is 15.2. The van der Waals surface area contributed by atoms with E-state index in [2.05, 4.69) is 14.8 Å². The maximum absolute atomic E-state index is 12.2. The second kappa shape index (κ2) is 7.53. The minimum atomic E-state index is -3.52. The average molecular weight is 324 g/mol. The van der Waals surface area contributed by atoms with Crippen LogP contribution < -0.4 is 10.0 Å². The molecule has 1 aliphatic heterocycles. The van der Waals surface area contributed by atoms with E-state index in [1.807, 2.05) is 6.08 Å². The van der Waals surface area contributed by atoms with Gasteiger partial charge in [0.15, 0.2) is 0 Å². The highest BCUT2D eigenvalue weighted by Gasteiger charge is 2.18. The molecule has 0 atom stereocenters. The Morgan fingerprint density at radius 3 is 2.82 bits per heavy atom. The van der Waals surface area contributed by atoms with Gasteiger partial charge in [-0.25, -0.2) is 17.9 Å². The number of nitrogens with one attached hydrogen (secondary N) is 2. The lowest BCUT2D eigenvalue weighted by molar-refractivity contribution is 0.0600. The molecule has 0 saturated carbocycles. The van der Waals surface area contributed by atoms with Crippen molar-refractivity contribution in [3.05, 3.63) is 47.0 Å². The molecular formula is C15H20N2O4S. The number of ether oxygens (including phenoxy) is 1. The molecule has 0 fully saturated rings. The third-order valence-electron chi connectivity index (χ3n) is 3.45. The molecule has 0 aromatic heterocycles. The molecule has 1 aliphatic rings. The summed E-state index contributed by atoms with van der Waals surface area (Å²) in [5.74, 6) is -0.782. The Bertz CT molecular complexity index is 668. The minimum absolute atomic E-state index is 0.246. The molecule has 0 aliphatic carbocycles. The van der Waals surface area contributed by atoms with Crippen LogP contribution in [0.15, 0.2) is 35.9 Å². The van der Waals surface area contributed by atoms with Crippen molar-refractivity contribution >= 4 is 16.0 Å². The first-order valence-electron chi connectivity index (χ1n) is 7.04. The Balaban J connectivity index is 2.05. The number of esters is 1. The van der Waals surface area contributed by atoms with Crippen LogP contribution in [-0.4, -0.2) is 41.1 Å². The van der Waals surface area contributed by atoms with Crippen LogP contribution in [0.2, 0.25) is 0 Å². The van der Waals surface area contributed by atoms with Crippen molar-refractivity contribution in [3.63, 3.8) is 0 Å². The summed E-state index contributed by atoms with van der Waals surface area (Å²) in [6.07, 6.45) is 2.83. The summed E-state index contributed by atoms with van der Waals surface area (Å²) in [7, 11) is -2.24. The number of hydrogen-bond acceptors (Lipinski definition) is 5. The van der Waals surface area contributed by atoms with Gasteiger partial charge in [0.1, 0.15) is 0 Å². The van der Waals surface area contributed by atoms with Gasteiger partial charge in [-0.3, -0.25) is 0 Å². The topological polar surface area (TPSA) is 84.5 Å². The lowest BCUT2D eigenvalue weighted by Gasteiger charge is -2.15. The number of carbonyl (C=O) groups is 1. The van der Waals surface area contributed by atoms with E-state index < -0.39 is 16.0 Å². The molecule has 2 rings (SSSR count). The van der Waals surface area contributed by atoms with E-state index in [1.54, 1.807) is 24.3 Å². The molecule has 0 bridgehead atoms. The molecule has 22 heavy (non-hydrogen) atoms. The lowest BCUT2D eigenvalue weighted by Crippen LogP contribution is -2.30. The second-order valence-corrected chi connectivity index (χ2v) is 6.85. The Morgan fingerprint density at radius 1 is 1.36 bits per heavy atom. The van der Waals surface area contributed by atoms with E-state index in [-0.39, 0.29) is 11.3 Å². The monoisotopic (exact) mass is 324 g/mol. The zero-order valence-electron chi connectivity index (χ0n) is 12.5. The van der Waals surface area contributed by atoms with Gasteiger partial charge in [-0.2, -0.15) is 0 Å². The van der Waals surface area contributed by atoms with E-state index in [0.29, 0.717) is 12.1 Å². The number of carbonyl (C=O) groups excluding carboxylic acids is 1. The SMILES string of the molecule is COC(=O)c1ccccc1CS(=O)(=O)NCC1=CCNCC1. The van der Waals surface area contributed by atoms with Gasteiger partial charge in [-0.1, -0.05) is 29.8 Å². The van der Waals surface area contributed by atoms with E-state index in [4.69, 9.17) is 0 Å². The zero-order valence-corrected chi connectivity index (χ0v) is 13.3. The van der Waals surface area contributed by atoms with Crippen molar-refractivity contribution in [1.29, 1.82) is 0 Å². The summed E-state index contributed by atoms with van der Waals surface area (Å²) in [6.45, 7) is 1.94. The summed E-state index contributed by atoms with van der Waals surface area (Å²) in [4.78, 5) is 11.7. The number of benzene rings is 1. The third kappa shape index (κ3) is 4.66. The molecule has 120 valence electrons. The van der Waals surface area contributed by atoms with Gasteiger partial charge in [-0.15, -0.1) is 0 Å². The van der Waals surface area contributed by atoms with E-state index in [9.17, 15) is 13.2 Å². The molecule has 0 amide bonds. The van der Waals surface area contributed by atoms with E-state index in [0.717, 1.165) is 25.1 Å². The van der Waals surface area contributed by atoms with Crippen molar-refractivity contribution in [2.24, 2.45) is 0 Å². The summed E-state index contributed by atoms with van der Waals surface area (Å²) < 4.78 is 31.7. The third-order valence-corrected chi connectivity index (χ3v) is 4.72. The first-order valence-corrected chi connectivity index (χ1v) is 8.69. The maximum Gasteiger partial charge on any atom is 0.338 e. The Kier molecular flexibility index (Phi) is 5.70. The molecule has 0 unspecified atom stereocenters. The predicted octanol–water partition coefficient (Wildman–Crippen LogP) is 0.812. The van der Waals surface area contributed by atoms with Crippen molar-refractivity contribution in [1.82, 2.24) is 10.0 Å². The minimum Gasteiger partial charge on any atom is -0.465 e. The van der Waals surface area contributed by atoms with Crippen LogP contribution in [0, 0.1) is 0 Å². The molecule has 7 heteroatoms. The highest BCUT2D eigenvalue weighted by atomic mass is 32.2. The standard InChI is InChI=1S/C15H20N2O4S/c1-21-15(18)14-5-3-2-4-13(14)11-22(19,20)17-10-12-6-8-16-9-7-12/h2-6,16-17H,7-11H2,1H3. The lowest BCUT2D eigenvalue weighted by atomic mass is 10.1. The molecule has 0 spiro atoms. The maximum atomic E-state index is 12.2. The van der Waals surface area contributed by atoms with Crippen LogP contribution >= 0.6 is 0 Å². The molecule has 0 saturated heterocycles. The number of hydrogen-bond donors (Lipinski definition) is 2. The Hall–Kier alpha value is -1.70. The van der Waals surface area contributed by atoms with Crippen molar-refractivity contribution in [2.75, 3.05) is 26.7 Å². The first-order chi connectivity index (χ1) is 10.5. The van der Waals surface area contributed by atoms with E-state index in [1.165, 1.54) is 7.11 Å². The quantitative estimate of drug-likeness (QED) is 0.598. The van der Waals surface area contributed by atoms with Crippen LogP contribution in [-0.2, 0) is 20.5 Å². The summed E-state index contributed by atoms with van der Waals surface area (Å²) in [6, 6.07) is 6.56. The van der Waals surface area contributed by atoms with Gasteiger partial charge in [0.2, 0.25) is 10.0 Å². The number of rotatable bonds is 6. The largest absolute Gasteiger partial charge is 0.465 e. The van der Waals surface area contributed by atoms with Crippen LogP contribution in [0.3, 0.4) is 0 Å². The van der Waals surface area contributed by atoms with Crippen LogP contribution in [0.1, 0.15) is 22.3 Å². The average Bonchev–Trinajstić information content (AvgIpc) is 2.53. The van der Waals surface area contributed by atoms with E-state index >= 15 is 0 Å². The summed E-state index contributed by atoms with van der Waals surface area (Å²) >= 11 is 0. The first kappa shape index (κ1) is 16.7. The molecule has 6 nitrogen and oxygen atoms in total. The van der Waals surface area contributed by atoms with Gasteiger partial charge in [0.05, 0.1) is 18.4 Å². The highest BCUT2D eigenvalue weighted by Crippen LogP contribution is 2.13. The fraction of sp³-hybridized carbons (Fsp3) is 0.400. The van der Waals surface area contributed by atoms with Gasteiger partial charge in [0.25, 0.3) is 0 Å². The Labute approximate surface area is 130 Å². The predicted molar refractivity (Wildman–Crippen MR) is 84.0 cm³/mol. The number of sulfonamides is 1. The van der Waals surface area contributed by atoms with Crippen molar-refractivity contribution in [3.8, 4) is 0 Å². The molecule has 1 aromatic rings. The summed E-state index contributed by atoms with van der Waals surface area (Å²) in [5.41, 5.74) is 1.78. The van der Waals surface area contributed by atoms with Crippen molar-refractivity contribution < 1.29 is 17.9 Å².